The first-order valence-electron chi connectivity index (χ1n) is 10.9. The zero-order valence-corrected chi connectivity index (χ0v) is 20.3. The van der Waals surface area contributed by atoms with Gasteiger partial charge in [-0.1, -0.05) is 41.4 Å². The Morgan fingerprint density at radius 1 is 1.03 bits per heavy atom. The molecule has 0 bridgehead atoms. The van der Waals surface area contributed by atoms with Gasteiger partial charge >= 0.3 is 0 Å². The summed E-state index contributed by atoms with van der Waals surface area (Å²) < 4.78 is 16.7. The Morgan fingerprint density at radius 3 is 2.53 bits per heavy atom. The summed E-state index contributed by atoms with van der Waals surface area (Å²) in [4.78, 5) is 15.0. The van der Waals surface area contributed by atoms with Gasteiger partial charge < -0.3 is 19.1 Å². The number of rotatable bonds is 8. The molecule has 0 radical (unpaired) electrons. The van der Waals surface area contributed by atoms with E-state index in [9.17, 15) is 4.79 Å². The van der Waals surface area contributed by atoms with Gasteiger partial charge in [0.15, 0.2) is 5.78 Å². The highest BCUT2D eigenvalue weighted by Gasteiger charge is 2.12. The summed E-state index contributed by atoms with van der Waals surface area (Å²) in [7, 11) is 1.60. The zero-order chi connectivity index (χ0) is 23.9. The second-order valence-corrected chi connectivity index (χ2v) is 8.54. The number of benzene rings is 3. The first kappa shape index (κ1) is 24.1. The molecular weight excluding hydrogens is 473 g/mol. The topological polar surface area (TPSA) is 48.0 Å². The van der Waals surface area contributed by atoms with Crippen molar-refractivity contribution in [2.45, 2.75) is 6.61 Å². The molecule has 4 rings (SSSR count). The van der Waals surface area contributed by atoms with Crippen LogP contribution in [0.1, 0.15) is 21.5 Å². The van der Waals surface area contributed by atoms with Gasteiger partial charge in [-0.3, -0.25) is 4.79 Å². The van der Waals surface area contributed by atoms with E-state index < -0.39 is 0 Å². The highest BCUT2D eigenvalue weighted by Crippen LogP contribution is 2.33. The van der Waals surface area contributed by atoms with E-state index >= 15 is 0 Å². The molecule has 1 heterocycles. The van der Waals surface area contributed by atoms with E-state index in [-0.39, 0.29) is 12.4 Å². The first-order valence-corrected chi connectivity index (χ1v) is 11.7. The van der Waals surface area contributed by atoms with E-state index in [0.29, 0.717) is 27.1 Å². The van der Waals surface area contributed by atoms with Crippen molar-refractivity contribution < 1.29 is 19.0 Å². The number of carbonyl (C=O) groups excluding carboxylic acids is 1. The summed E-state index contributed by atoms with van der Waals surface area (Å²) in [5.74, 6) is 1.11. The van der Waals surface area contributed by atoms with E-state index in [1.165, 1.54) is 0 Å². The lowest BCUT2D eigenvalue weighted by molar-refractivity contribution is 0.104. The molecule has 0 atom stereocenters. The lowest BCUT2D eigenvalue weighted by atomic mass is 10.1. The predicted molar refractivity (Wildman–Crippen MR) is 137 cm³/mol. The number of anilines is 1. The standard InChI is InChI=1S/C27H25Cl2NO4/c1-32-25-12-6-19(17-21(25)18-34-26-4-2-3-23(28)27(26)29)5-11-24(31)20-7-9-22(10-8-20)30-13-15-33-16-14-30/h2-12,17H,13-16,18H2,1H3/b11-5+. The van der Waals surface area contributed by atoms with Crippen molar-refractivity contribution in [1.29, 1.82) is 0 Å². The minimum absolute atomic E-state index is 0.0622. The predicted octanol–water partition coefficient (Wildman–Crippen LogP) is 6.31. The number of ether oxygens (including phenoxy) is 3. The van der Waals surface area contributed by atoms with Crippen molar-refractivity contribution in [2.75, 3.05) is 38.3 Å². The van der Waals surface area contributed by atoms with Crippen LogP contribution in [0, 0.1) is 0 Å². The molecule has 0 aliphatic carbocycles. The maximum absolute atomic E-state index is 12.7. The average molecular weight is 498 g/mol. The Balaban J connectivity index is 1.44. The van der Waals surface area contributed by atoms with Gasteiger partial charge in [-0.05, 0) is 60.2 Å². The highest BCUT2D eigenvalue weighted by molar-refractivity contribution is 6.42. The van der Waals surface area contributed by atoms with E-state index in [1.54, 1.807) is 37.5 Å². The van der Waals surface area contributed by atoms with E-state index in [2.05, 4.69) is 4.90 Å². The number of hydrogen-bond donors (Lipinski definition) is 0. The fraction of sp³-hybridized carbons (Fsp3) is 0.222. The van der Waals surface area contributed by atoms with Crippen LogP contribution in [0.2, 0.25) is 10.0 Å². The number of allylic oxidation sites excluding steroid dienone is 1. The van der Waals surface area contributed by atoms with Gasteiger partial charge in [-0.15, -0.1) is 0 Å². The molecule has 176 valence electrons. The smallest absolute Gasteiger partial charge is 0.185 e. The van der Waals surface area contributed by atoms with Crippen LogP contribution in [0.4, 0.5) is 5.69 Å². The molecule has 0 aromatic heterocycles. The number of hydrogen-bond acceptors (Lipinski definition) is 5. The summed E-state index contributed by atoms with van der Waals surface area (Å²) in [6, 6.07) is 18.6. The third kappa shape index (κ3) is 5.92. The van der Waals surface area contributed by atoms with E-state index in [1.807, 2.05) is 42.5 Å². The second kappa shape index (κ2) is 11.4. The van der Waals surface area contributed by atoms with Gasteiger partial charge in [0.2, 0.25) is 0 Å². The number of morpholine rings is 1. The van der Waals surface area contributed by atoms with Crippen molar-refractivity contribution in [1.82, 2.24) is 0 Å². The molecule has 0 spiro atoms. The fourth-order valence-corrected chi connectivity index (χ4v) is 4.04. The molecule has 3 aromatic carbocycles. The Labute approximate surface area is 209 Å². The molecule has 1 fully saturated rings. The molecule has 1 aliphatic rings. The van der Waals surface area contributed by atoms with Crippen LogP contribution in [0.15, 0.2) is 66.7 Å². The molecule has 1 saturated heterocycles. The van der Waals surface area contributed by atoms with Crippen molar-refractivity contribution in [3.05, 3.63) is 93.5 Å². The van der Waals surface area contributed by atoms with Crippen molar-refractivity contribution in [3.63, 3.8) is 0 Å². The van der Waals surface area contributed by atoms with E-state index in [4.69, 9.17) is 37.4 Å². The monoisotopic (exact) mass is 497 g/mol. The molecule has 0 amide bonds. The highest BCUT2D eigenvalue weighted by atomic mass is 35.5. The lowest BCUT2D eigenvalue weighted by Gasteiger charge is -2.28. The van der Waals surface area contributed by atoms with Gasteiger partial charge in [0, 0.05) is 29.9 Å². The zero-order valence-electron chi connectivity index (χ0n) is 18.8. The van der Waals surface area contributed by atoms with Gasteiger partial charge in [-0.25, -0.2) is 0 Å². The van der Waals surface area contributed by atoms with Crippen LogP contribution in [0.25, 0.3) is 6.08 Å². The lowest BCUT2D eigenvalue weighted by Crippen LogP contribution is -2.36. The van der Waals surface area contributed by atoms with Gasteiger partial charge in [0.1, 0.15) is 23.1 Å². The third-order valence-electron chi connectivity index (χ3n) is 5.56. The van der Waals surface area contributed by atoms with Crippen molar-refractivity contribution >= 4 is 40.7 Å². The quantitative estimate of drug-likeness (QED) is 0.269. The fourth-order valence-electron chi connectivity index (χ4n) is 3.69. The second-order valence-electron chi connectivity index (χ2n) is 7.76. The van der Waals surface area contributed by atoms with Crippen LogP contribution in [-0.2, 0) is 11.3 Å². The van der Waals surface area contributed by atoms with Gasteiger partial charge in [0.05, 0.1) is 25.3 Å². The van der Waals surface area contributed by atoms with Crippen molar-refractivity contribution in [2.24, 2.45) is 0 Å². The molecule has 34 heavy (non-hydrogen) atoms. The molecule has 7 heteroatoms. The van der Waals surface area contributed by atoms with Crippen LogP contribution < -0.4 is 14.4 Å². The summed E-state index contributed by atoms with van der Waals surface area (Å²) in [6.45, 7) is 3.41. The molecule has 0 saturated carbocycles. The maximum Gasteiger partial charge on any atom is 0.185 e. The third-order valence-corrected chi connectivity index (χ3v) is 6.36. The summed E-state index contributed by atoms with van der Waals surface area (Å²) in [6.07, 6.45) is 3.36. The Bertz CT molecular complexity index is 1170. The van der Waals surface area contributed by atoms with Crippen LogP contribution in [-0.4, -0.2) is 39.2 Å². The summed E-state index contributed by atoms with van der Waals surface area (Å²) in [5.41, 5.74) is 3.42. The average Bonchev–Trinajstić information content (AvgIpc) is 2.88. The number of methoxy groups -OCH3 is 1. The van der Waals surface area contributed by atoms with Crippen molar-refractivity contribution in [3.8, 4) is 11.5 Å². The minimum atomic E-state index is -0.0622. The molecule has 0 unspecified atom stereocenters. The molecule has 5 nitrogen and oxygen atoms in total. The number of carbonyl (C=O) groups is 1. The Kier molecular flexibility index (Phi) is 8.12. The number of nitrogens with zero attached hydrogens (tertiary/aromatic N) is 1. The van der Waals surface area contributed by atoms with E-state index in [0.717, 1.165) is 43.1 Å². The summed E-state index contributed by atoms with van der Waals surface area (Å²) in [5, 5.41) is 0.795. The van der Waals surface area contributed by atoms with Crippen LogP contribution in [0.5, 0.6) is 11.5 Å². The van der Waals surface area contributed by atoms with Gasteiger partial charge in [-0.2, -0.15) is 0 Å². The Morgan fingerprint density at radius 2 is 1.79 bits per heavy atom. The summed E-state index contributed by atoms with van der Waals surface area (Å²) >= 11 is 12.3. The largest absolute Gasteiger partial charge is 0.496 e. The Hall–Kier alpha value is -2.99. The normalized spacial score (nSPS) is 13.8. The van der Waals surface area contributed by atoms with Gasteiger partial charge in [0.25, 0.3) is 0 Å². The molecule has 0 N–H and O–H groups in total. The SMILES string of the molecule is COc1ccc(/C=C/C(=O)c2ccc(N3CCOCC3)cc2)cc1COc1cccc(Cl)c1Cl. The molecule has 3 aromatic rings. The maximum atomic E-state index is 12.7. The van der Waals surface area contributed by atoms with Crippen LogP contribution >= 0.6 is 23.2 Å². The molecule has 1 aliphatic heterocycles. The number of ketones is 1. The molecular formula is C27H25Cl2NO4. The first-order chi connectivity index (χ1) is 16.5. The van der Waals surface area contributed by atoms with Crippen LogP contribution in [0.3, 0.4) is 0 Å². The minimum Gasteiger partial charge on any atom is -0.496 e. The number of halogens is 2.